The lowest BCUT2D eigenvalue weighted by atomic mass is 9.93. The van der Waals surface area contributed by atoms with Crippen LogP contribution >= 0.6 is 0 Å². The van der Waals surface area contributed by atoms with Crippen LogP contribution < -0.4 is 5.32 Å². The second-order valence-corrected chi connectivity index (χ2v) is 6.27. The molecule has 118 valence electrons. The molecule has 0 bridgehead atoms. The average Bonchev–Trinajstić information content (AvgIpc) is 2.55. The fourth-order valence-electron chi connectivity index (χ4n) is 3.44. The third kappa shape index (κ3) is 3.58. The van der Waals surface area contributed by atoms with Crippen LogP contribution in [0, 0.1) is 0 Å². The van der Waals surface area contributed by atoms with Gasteiger partial charge in [-0.1, -0.05) is 24.3 Å². The van der Waals surface area contributed by atoms with Crippen LogP contribution in [0.25, 0.3) is 5.57 Å². The molecule has 2 aliphatic heterocycles. The number of amides is 1. The molecular weight excluding hydrogens is 272 g/mol. The molecule has 2 heterocycles. The number of likely N-dealkylation sites (tertiary alicyclic amines) is 1. The first-order valence-corrected chi connectivity index (χ1v) is 8.65. The summed E-state index contributed by atoms with van der Waals surface area (Å²) in [6, 6.07) is 8.17. The van der Waals surface area contributed by atoms with Crippen LogP contribution in [0.15, 0.2) is 30.3 Å². The summed E-state index contributed by atoms with van der Waals surface area (Å²) in [4.78, 5) is 14.9. The van der Waals surface area contributed by atoms with Crippen molar-refractivity contribution in [3.05, 3.63) is 41.5 Å². The first-order valence-electron chi connectivity index (χ1n) is 8.65. The molecule has 22 heavy (non-hydrogen) atoms. The molecule has 1 fully saturated rings. The Balaban J connectivity index is 1.86. The van der Waals surface area contributed by atoms with Crippen LogP contribution in [0.3, 0.4) is 0 Å². The molecule has 3 heteroatoms. The van der Waals surface area contributed by atoms with Gasteiger partial charge in [0.05, 0.1) is 0 Å². The zero-order chi connectivity index (χ0) is 15.2. The Morgan fingerprint density at radius 2 is 1.82 bits per heavy atom. The van der Waals surface area contributed by atoms with E-state index in [2.05, 4.69) is 23.5 Å². The molecule has 3 nitrogen and oxygen atoms in total. The summed E-state index contributed by atoms with van der Waals surface area (Å²) < 4.78 is 0. The van der Waals surface area contributed by atoms with Gasteiger partial charge in [0.1, 0.15) is 0 Å². The highest BCUT2D eigenvalue weighted by Gasteiger charge is 2.21. The van der Waals surface area contributed by atoms with Gasteiger partial charge >= 0.3 is 0 Å². The number of hydrogen-bond donors (Lipinski definition) is 1. The maximum absolute atomic E-state index is 12.9. The summed E-state index contributed by atoms with van der Waals surface area (Å²) in [5.41, 5.74) is 3.40. The number of nitrogens with one attached hydrogen (secondary N) is 1. The highest BCUT2D eigenvalue weighted by Crippen LogP contribution is 2.26. The highest BCUT2D eigenvalue weighted by molar-refractivity contribution is 5.99. The number of rotatable bonds is 2. The maximum Gasteiger partial charge on any atom is 0.254 e. The van der Waals surface area contributed by atoms with Crippen LogP contribution in [0.2, 0.25) is 0 Å². The summed E-state index contributed by atoms with van der Waals surface area (Å²) in [6.45, 7) is 3.93. The molecule has 0 atom stereocenters. The van der Waals surface area contributed by atoms with Crippen molar-refractivity contribution in [3.8, 4) is 0 Å². The van der Waals surface area contributed by atoms with Gasteiger partial charge in [-0.25, -0.2) is 0 Å². The molecule has 1 aromatic carbocycles. The highest BCUT2D eigenvalue weighted by atomic mass is 16.2. The van der Waals surface area contributed by atoms with Gasteiger partial charge in [0.2, 0.25) is 0 Å². The average molecular weight is 298 g/mol. The molecule has 0 spiro atoms. The van der Waals surface area contributed by atoms with Gasteiger partial charge < -0.3 is 10.2 Å². The van der Waals surface area contributed by atoms with Crippen molar-refractivity contribution in [1.82, 2.24) is 10.2 Å². The van der Waals surface area contributed by atoms with Crippen molar-refractivity contribution in [1.29, 1.82) is 0 Å². The van der Waals surface area contributed by atoms with Gasteiger partial charge in [0, 0.05) is 18.7 Å². The van der Waals surface area contributed by atoms with Crippen LogP contribution in [0.5, 0.6) is 0 Å². The lowest BCUT2D eigenvalue weighted by Gasteiger charge is -2.28. The smallest absolute Gasteiger partial charge is 0.254 e. The van der Waals surface area contributed by atoms with E-state index in [1.54, 1.807) is 0 Å². The molecule has 0 aromatic heterocycles. The lowest BCUT2D eigenvalue weighted by molar-refractivity contribution is 0.0724. The van der Waals surface area contributed by atoms with Crippen molar-refractivity contribution >= 4 is 11.5 Å². The minimum atomic E-state index is 0.219. The summed E-state index contributed by atoms with van der Waals surface area (Å²) in [7, 11) is 0. The van der Waals surface area contributed by atoms with E-state index in [0.29, 0.717) is 0 Å². The molecule has 3 rings (SSSR count). The molecule has 1 N–H and O–H groups in total. The number of nitrogens with zero attached hydrogens (tertiary/aromatic N) is 1. The molecule has 0 unspecified atom stereocenters. The van der Waals surface area contributed by atoms with Gasteiger partial charge in [-0.3, -0.25) is 4.79 Å². The van der Waals surface area contributed by atoms with Crippen molar-refractivity contribution in [2.45, 2.75) is 38.5 Å². The van der Waals surface area contributed by atoms with Gasteiger partial charge in [-0.15, -0.1) is 0 Å². The van der Waals surface area contributed by atoms with Gasteiger partial charge in [-0.2, -0.15) is 0 Å². The van der Waals surface area contributed by atoms with Crippen molar-refractivity contribution in [2.24, 2.45) is 0 Å². The van der Waals surface area contributed by atoms with Gasteiger partial charge in [0.15, 0.2) is 0 Å². The normalized spacial score (nSPS) is 22.4. The Morgan fingerprint density at radius 1 is 1.00 bits per heavy atom. The van der Waals surface area contributed by atoms with Crippen LogP contribution in [0.1, 0.15) is 54.4 Å². The van der Waals surface area contributed by atoms with E-state index in [1.807, 2.05) is 17.0 Å². The van der Waals surface area contributed by atoms with E-state index in [9.17, 15) is 4.79 Å². The Kier molecular flexibility index (Phi) is 5.28. The molecular formula is C19H26N2O. The van der Waals surface area contributed by atoms with E-state index in [4.69, 9.17) is 0 Å². The van der Waals surface area contributed by atoms with Gasteiger partial charge in [0.25, 0.3) is 5.91 Å². The Hall–Kier alpha value is -1.61. The molecule has 0 aliphatic carbocycles. The number of hydrogen-bond acceptors (Lipinski definition) is 2. The minimum Gasteiger partial charge on any atom is -0.339 e. The molecule has 0 radical (unpaired) electrons. The van der Waals surface area contributed by atoms with Crippen molar-refractivity contribution in [3.63, 3.8) is 0 Å². The maximum atomic E-state index is 12.9. The van der Waals surface area contributed by atoms with E-state index in [0.717, 1.165) is 69.4 Å². The molecule has 1 amide bonds. The zero-order valence-electron chi connectivity index (χ0n) is 13.3. The Labute approximate surface area is 133 Å². The lowest BCUT2D eigenvalue weighted by Crippen LogP contribution is -2.36. The van der Waals surface area contributed by atoms with Gasteiger partial charge in [-0.05, 0) is 68.8 Å². The predicted octanol–water partition coefficient (Wildman–Crippen LogP) is 3.47. The largest absolute Gasteiger partial charge is 0.339 e. The van der Waals surface area contributed by atoms with E-state index >= 15 is 0 Å². The minimum absolute atomic E-state index is 0.219. The van der Waals surface area contributed by atoms with E-state index in [1.165, 1.54) is 12.0 Å². The summed E-state index contributed by atoms with van der Waals surface area (Å²) >= 11 is 0. The SMILES string of the molecule is O=C(c1ccccc1/C1=C\CCNCCC1)N1CCCCC1. The summed E-state index contributed by atoms with van der Waals surface area (Å²) in [5.74, 6) is 0.219. The quantitative estimate of drug-likeness (QED) is 0.906. The number of allylic oxidation sites excluding steroid dienone is 1. The predicted molar refractivity (Wildman–Crippen MR) is 90.9 cm³/mol. The van der Waals surface area contributed by atoms with E-state index < -0.39 is 0 Å². The number of benzene rings is 1. The van der Waals surface area contributed by atoms with E-state index in [-0.39, 0.29) is 5.91 Å². The fraction of sp³-hybridized carbons (Fsp3) is 0.526. The third-order valence-electron chi connectivity index (χ3n) is 4.66. The third-order valence-corrected chi connectivity index (χ3v) is 4.66. The monoisotopic (exact) mass is 298 g/mol. The van der Waals surface area contributed by atoms with Crippen LogP contribution in [-0.4, -0.2) is 37.0 Å². The standard InChI is InChI=1S/C19H26N2O/c22-19(21-14-4-1-5-15-21)18-11-3-2-10-17(18)16-8-6-12-20-13-7-9-16/h2-3,8,10-11,20H,1,4-7,9,12-15H2/b16-8-. The Bertz CT molecular complexity index is 544. The Morgan fingerprint density at radius 3 is 2.68 bits per heavy atom. The topological polar surface area (TPSA) is 32.3 Å². The second kappa shape index (κ2) is 7.59. The number of carbonyl (C=O) groups is 1. The first kappa shape index (κ1) is 15.3. The molecule has 0 saturated carbocycles. The molecule has 2 aliphatic rings. The molecule has 1 aromatic rings. The molecule has 1 saturated heterocycles. The fourth-order valence-corrected chi connectivity index (χ4v) is 3.44. The summed E-state index contributed by atoms with van der Waals surface area (Å²) in [5, 5.41) is 3.43. The van der Waals surface area contributed by atoms with Crippen LogP contribution in [-0.2, 0) is 0 Å². The summed E-state index contributed by atoms with van der Waals surface area (Å²) in [6.07, 6.45) is 9.08. The van der Waals surface area contributed by atoms with Crippen molar-refractivity contribution < 1.29 is 4.79 Å². The van der Waals surface area contributed by atoms with Crippen LogP contribution in [0.4, 0.5) is 0 Å². The zero-order valence-corrected chi connectivity index (χ0v) is 13.3. The second-order valence-electron chi connectivity index (χ2n) is 6.27. The van der Waals surface area contributed by atoms with Crippen molar-refractivity contribution in [2.75, 3.05) is 26.2 Å². The number of piperidine rings is 1. The first-order chi connectivity index (χ1) is 10.9. The number of carbonyl (C=O) groups excluding carboxylic acids is 1.